The van der Waals surface area contributed by atoms with Crippen molar-refractivity contribution >= 4 is 40.1 Å². The van der Waals surface area contributed by atoms with E-state index in [2.05, 4.69) is 6.07 Å². The highest BCUT2D eigenvalue weighted by Crippen LogP contribution is 2.73. The van der Waals surface area contributed by atoms with Gasteiger partial charge >= 0.3 is 17.8 Å². The zero-order chi connectivity index (χ0) is 32.9. The van der Waals surface area contributed by atoms with Gasteiger partial charge < -0.3 is 0 Å². The van der Waals surface area contributed by atoms with Crippen molar-refractivity contribution in [1.82, 2.24) is 0 Å². The van der Waals surface area contributed by atoms with Crippen molar-refractivity contribution in [2.24, 2.45) is 0 Å². The molecule has 2 heterocycles. The number of rotatable bonds is 4. The third-order valence-electron chi connectivity index (χ3n) is 9.48. The molecule has 2 aliphatic carbocycles. The van der Waals surface area contributed by atoms with E-state index in [4.69, 9.17) is 0 Å². The molecule has 3 aromatic rings. The summed E-state index contributed by atoms with van der Waals surface area (Å²) in [6.45, 7) is 5.33. The van der Waals surface area contributed by atoms with E-state index in [0.717, 1.165) is 16.7 Å². The molecule has 46 heavy (non-hydrogen) atoms. The van der Waals surface area contributed by atoms with Crippen molar-refractivity contribution in [2.75, 3.05) is 0 Å². The number of nitrogens with zero attached hydrogens (tertiary/aromatic N) is 1. The van der Waals surface area contributed by atoms with E-state index < -0.39 is 38.4 Å². The Balaban J connectivity index is 1.23. The summed E-state index contributed by atoms with van der Waals surface area (Å²) in [5.41, 5.74) is 2.87. The highest BCUT2D eigenvalue weighted by molar-refractivity contribution is 8.12. The summed E-state index contributed by atoms with van der Waals surface area (Å²) in [6.07, 6.45) is 4.38. The molecule has 4 aliphatic rings. The highest BCUT2D eigenvalue weighted by atomic mass is 32.2. The molecule has 9 heteroatoms. The number of nitriles is 1. The Morgan fingerprint density at radius 2 is 1.26 bits per heavy atom. The van der Waals surface area contributed by atoms with E-state index in [9.17, 15) is 14.0 Å². The van der Waals surface area contributed by atoms with Gasteiger partial charge in [0.2, 0.25) is 0 Å². The fourth-order valence-electron chi connectivity index (χ4n) is 6.64. The summed E-state index contributed by atoms with van der Waals surface area (Å²) in [6, 6.07) is 25.1. The van der Waals surface area contributed by atoms with E-state index in [1.54, 1.807) is 44.2 Å². The van der Waals surface area contributed by atoms with E-state index in [-0.39, 0.29) is 11.1 Å². The Kier molecular flexibility index (Phi) is 6.73. The summed E-state index contributed by atoms with van der Waals surface area (Å²) in [4.78, 5) is 0.511. The van der Waals surface area contributed by atoms with Crippen LogP contribution in [0.5, 0.6) is 0 Å². The second kappa shape index (κ2) is 10.1. The number of alkyl halides is 6. The van der Waals surface area contributed by atoms with Crippen molar-refractivity contribution < 1.29 is 26.3 Å². The first kappa shape index (κ1) is 30.8. The number of allylic oxidation sites excluding steroid dienone is 5. The topological polar surface area (TPSA) is 23.8 Å². The lowest BCUT2D eigenvalue weighted by Crippen LogP contribution is -2.48. The number of aryl methyl sites for hydroxylation is 1. The van der Waals surface area contributed by atoms with Crippen LogP contribution < -0.4 is 0 Å². The maximum Gasteiger partial charge on any atom is 0.380 e. The van der Waals surface area contributed by atoms with Crippen LogP contribution in [0.1, 0.15) is 36.1 Å². The van der Waals surface area contributed by atoms with Crippen molar-refractivity contribution in [2.45, 2.75) is 48.0 Å². The Morgan fingerprint density at radius 1 is 0.717 bits per heavy atom. The van der Waals surface area contributed by atoms with Crippen LogP contribution in [0.2, 0.25) is 0 Å². The van der Waals surface area contributed by atoms with Crippen molar-refractivity contribution in [1.29, 1.82) is 5.26 Å². The zero-order valence-corrected chi connectivity index (χ0v) is 26.4. The number of hydrogen-bond donors (Lipinski definition) is 0. The summed E-state index contributed by atoms with van der Waals surface area (Å²) < 4.78 is 88.0. The molecule has 0 aromatic heterocycles. The molecule has 0 bridgehead atoms. The van der Waals surface area contributed by atoms with Gasteiger partial charge in [0, 0.05) is 16.1 Å². The lowest BCUT2D eigenvalue weighted by molar-refractivity contribution is -0.258. The Labute approximate surface area is 271 Å². The van der Waals surface area contributed by atoms with Crippen LogP contribution in [0.25, 0.3) is 27.7 Å². The first-order valence-electron chi connectivity index (χ1n) is 14.4. The number of fused-ring (bicyclic) bond motifs is 4. The van der Waals surface area contributed by atoms with Crippen molar-refractivity contribution in [3.8, 4) is 17.2 Å². The zero-order valence-electron chi connectivity index (χ0n) is 24.8. The summed E-state index contributed by atoms with van der Waals surface area (Å²) in [5, 5.41) is 11.4. The second-order valence-corrected chi connectivity index (χ2v) is 14.9. The molecule has 0 spiro atoms. The molecule has 2 atom stereocenters. The molecule has 1 fully saturated rings. The maximum absolute atomic E-state index is 15.3. The second-order valence-electron chi connectivity index (χ2n) is 12.1. The lowest BCUT2D eigenvalue weighted by Gasteiger charge is -2.47. The quantitative estimate of drug-likeness (QED) is 0.158. The van der Waals surface area contributed by atoms with Crippen LogP contribution in [0, 0.1) is 18.3 Å². The van der Waals surface area contributed by atoms with Crippen LogP contribution in [0.3, 0.4) is 0 Å². The molecule has 2 unspecified atom stereocenters. The summed E-state index contributed by atoms with van der Waals surface area (Å²) >= 11 is 2.39. The molecular formula is C37H25F6NS2. The first-order valence-corrected chi connectivity index (χ1v) is 16.1. The van der Waals surface area contributed by atoms with Gasteiger partial charge in [-0.2, -0.15) is 31.6 Å². The van der Waals surface area contributed by atoms with E-state index in [1.807, 2.05) is 55.5 Å². The third-order valence-corrected chi connectivity index (χ3v) is 12.6. The SMILES string of the molecule is Cc1ccc(-c2ccc(/C(C#N)=C\c3ccc(C4=CC5=C6C(=C7C=CSC7(C)C5(C)S4)C(F)(F)C(F)(F)C6(F)F)cc3)cc2)cc1. The van der Waals surface area contributed by atoms with Gasteiger partial charge in [-0.3, -0.25) is 0 Å². The Bertz CT molecular complexity index is 1990. The Hall–Kier alpha value is -3.87. The van der Waals surface area contributed by atoms with Crippen LogP contribution in [0.15, 0.2) is 113 Å². The van der Waals surface area contributed by atoms with Gasteiger partial charge in [-0.25, -0.2) is 0 Å². The van der Waals surface area contributed by atoms with Gasteiger partial charge in [0.05, 0.1) is 21.1 Å². The predicted octanol–water partition coefficient (Wildman–Crippen LogP) is 11.1. The fraction of sp³-hybridized carbons (Fsp3) is 0.216. The van der Waals surface area contributed by atoms with Crippen LogP contribution in [-0.2, 0) is 0 Å². The number of benzene rings is 3. The largest absolute Gasteiger partial charge is 0.380 e. The molecule has 232 valence electrons. The number of hydrogen-bond acceptors (Lipinski definition) is 3. The van der Waals surface area contributed by atoms with Gasteiger partial charge in [0.15, 0.2) is 0 Å². The highest BCUT2D eigenvalue weighted by Gasteiger charge is 2.84. The smallest absolute Gasteiger partial charge is 0.194 e. The van der Waals surface area contributed by atoms with E-state index >= 15 is 17.6 Å². The minimum atomic E-state index is -5.56. The molecule has 3 aromatic carbocycles. The third kappa shape index (κ3) is 4.05. The van der Waals surface area contributed by atoms with Crippen molar-refractivity contribution in [3.05, 3.63) is 135 Å². The van der Waals surface area contributed by atoms with Gasteiger partial charge in [-0.15, -0.1) is 23.5 Å². The minimum Gasteiger partial charge on any atom is -0.194 e. The van der Waals surface area contributed by atoms with Crippen LogP contribution >= 0.6 is 23.5 Å². The molecule has 0 amide bonds. The van der Waals surface area contributed by atoms with E-state index in [1.165, 1.54) is 46.6 Å². The average molecular weight is 662 g/mol. The van der Waals surface area contributed by atoms with Gasteiger partial charge in [0.25, 0.3) is 0 Å². The molecule has 0 N–H and O–H groups in total. The lowest BCUT2D eigenvalue weighted by atomic mass is 9.71. The van der Waals surface area contributed by atoms with Crippen LogP contribution in [0.4, 0.5) is 26.3 Å². The summed E-state index contributed by atoms with van der Waals surface area (Å²) in [7, 11) is 0. The Morgan fingerprint density at radius 3 is 1.85 bits per heavy atom. The molecule has 2 aliphatic heterocycles. The summed E-state index contributed by atoms with van der Waals surface area (Å²) in [5.74, 6) is -15.6. The minimum absolute atomic E-state index is 0.181. The van der Waals surface area contributed by atoms with Crippen molar-refractivity contribution in [3.63, 3.8) is 0 Å². The van der Waals surface area contributed by atoms with Gasteiger partial charge in [-0.1, -0.05) is 84.4 Å². The predicted molar refractivity (Wildman–Crippen MR) is 175 cm³/mol. The van der Waals surface area contributed by atoms with Gasteiger partial charge in [-0.05, 0) is 77.3 Å². The van der Waals surface area contributed by atoms with E-state index in [0.29, 0.717) is 21.6 Å². The monoisotopic (exact) mass is 661 g/mol. The normalized spacial score (nSPS) is 26.9. The number of halogens is 6. The molecule has 0 radical (unpaired) electrons. The average Bonchev–Trinajstić information content (AvgIpc) is 3.63. The molecule has 7 rings (SSSR count). The fourth-order valence-corrected chi connectivity index (χ4v) is 9.47. The standard InChI is InChI=1S/C37H25F6NS2/c1-21-4-8-23(9-5-21)24-12-14-25(15-13-24)27(20-44)18-22-6-10-26(11-7-22)30-19-29-32-31(35(38,39)37(42,43)36(32,40)41)28-16-17-45-33(28,2)34(29,3)46-30/h4-19H,1-3H3/b27-18-. The first-order chi connectivity index (χ1) is 21.7. The molecular weight excluding hydrogens is 637 g/mol. The molecule has 1 nitrogen and oxygen atoms in total. The molecule has 0 saturated heterocycles. The van der Waals surface area contributed by atoms with Crippen LogP contribution in [-0.4, -0.2) is 27.3 Å². The number of thioether (sulfide) groups is 2. The molecule has 1 saturated carbocycles. The maximum atomic E-state index is 15.3. The van der Waals surface area contributed by atoms with Gasteiger partial charge in [0.1, 0.15) is 0 Å².